The smallest absolute Gasteiger partial charge is 0.287 e. The molecule has 0 aromatic carbocycles. The highest BCUT2D eigenvalue weighted by Gasteiger charge is 2.07. The molecule has 1 aromatic heterocycles. The SMILES string of the molecule is C#CCCCNc1cnn(CC)c(=O)c1Cl. The largest absolute Gasteiger partial charge is 0.382 e. The van der Waals surface area contributed by atoms with Gasteiger partial charge in [0.15, 0.2) is 0 Å². The number of aromatic nitrogens is 2. The van der Waals surface area contributed by atoms with Gasteiger partial charge in [-0.05, 0) is 13.3 Å². The van der Waals surface area contributed by atoms with E-state index in [9.17, 15) is 4.79 Å². The van der Waals surface area contributed by atoms with Crippen LogP contribution in [0.3, 0.4) is 0 Å². The fourth-order valence-corrected chi connectivity index (χ4v) is 1.44. The van der Waals surface area contributed by atoms with Crippen molar-refractivity contribution in [1.82, 2.24) is 9.78 Å². The number of aryl methyl sites for hydroxylation is 1. The summed E-state index contributed by atoms with van der Waals surface area (Å²) >= 11 is 5.91. The Balaban J connectivity index is 2.72. The number of nitrogens with zero attached hydrogens (tertiary/aromatic N) is 2. The van der Waals surface area contributed by atoms with Gasteiger partial charge in [0.25, 0.3) is 5.56 Å². The second-order valence-electron chi connectivity index (χ2n) is 3.23. The molecule has 0 aliphatic heterocycles. The number of hydrogen-bond donors (Lipinski definition) is 1. The van der Waals surface area contributed by atoms with Crippen LogP contribution in [-0.2, 0) is 6.54 Å². The highest BCUT2D eigenvalue weighted by molar-refractivity contribution is 6.32. The van der Waals surface area contributed by atoms with Crippen molar-refractivity contribution in [3.05, 3.63) is 21.6 Å². The van der Waals surface area contributed by atoms with E-state index in [2.05, 4.69) is 16.3 Å². The molecule has 1 N–H and O–H groups in total. The Morgan fingerprint density at radius 3 is 3.06 bits per heavy atom. The number of hydrogen-bond acceptors (Lipinski definition) is 3. The van der Waals surface area contributed by atoms with Gasteiger partial charge in [-0.25, -0.2) is 4.68 Å². The zero-order chi connectivity index (χ0) is 12.0. The van der Waals surface area contributed by atoms with Crippen molar-refractivity contribution in [2.24, 2.45) is 0 Å². The van der Waals surface area contributed by atoms with E-state index in [1.807, 2.05) is 6.92 Å². The van der Waals surface area contributed by atoms with E-state index in [0.29, 0.717) is 25.2 Å². The molecule has 5 heteroatoms. The molecule has 0 aliphatic rings. The lowest BCUT2D eigenvalue weighted by Crippen LogP contribution is -2.23. The molecule has 1 rings (SSSR count). The molecule has 0 saturated heterocycles. The maximum Gasteiger partial charge on any atom is 0.287 e. The minimum absolute atomic E-state index is 0.178. The second kappa shape index (κ2) is 6.19. The van der Waals surface area contributed by atoms with Crippen LogP contribution >= 0.6 is 11.6 Å². The monoisotopic (exact) mass is 239 g/mol. The normalized spacial score (nSPS) is 9.81. The summed E-state index contributed by atoms with van der Waals surface area (Å²) in [6.07, 6.45) is 8.22. The number of anilines is 1. The lowest BCUT2D eigenvalue weighted by Gasteiger charge is -2.08. The van der Waals surface area contributed by atoms with E-state index in [4.69, 9.17) is 18.0 Å². The van der Waals surface area contributed by atoms with Crippen molar-refractivity contribution < 1.29 is 0 Å². The summed E-state index contributed by atoms with van der Waals surface area (Å²) in [5.74, 6) is 2.54. The number of nitrogens with one attached hydrogen (secondary N) is 1. The molecule has 0 unspecified atom stereocenters. The summed E-state index contributed by atoms with van der Waals surface area (Å²) in [6.45, 7) is 3.03. The van der Waals surface area contributed by atoms with Gasteiger partial charge in [0.2, 0.25) is 0 Å². The Kier molecular flexibility index (Phi) is 4.87. The lowest BCUT2D eigenvalue weighted by atomic mass is 10.3. The minimum atomic E-state index is -0.272. The summed E-state index contributed by atoms with van der Waals surface area (Å²) in [5, 5.41) is 7.19. The van der Waals surface area contributed by atoms with Crippen molar-refractivity contribution in [1.29, 1.82) is 0 Å². The molecule has 0 bridgehead atoms. The van der Waals surface area contributed by atoms with Gasteiger partial charge < -0.3 is 5.32 Å². The maximum absolute atomic E-state index is 11.6. The van der Waals surface area contributed by atoms with Crippen molar-refractivity contribution in [3.8, 4) is 12.3 Å². The molecular weight excluding hydrogens is 226 g/mol. The quantitative estimate of drug-likeness (QED) is 0.629. The van der Waals surface area contributed by atoms with Crippen molar-refractivity contribution in [3.63, 3.8) is 0 Å². The summed E-state index contributed by atoms with van der Waals surface area (Å²) in [5.41, 5.74) is 0.291. The first-order valence-corrected chi connectivity index (χ1v) is 5.51. The van der Waals surface area contributed by atoms with Gasteiger partial charge in [-0.15, -0.1) is 12.3 Å². The van der Waals surface area contributed by atoms with Crippen LogP contribution < -0.4 is 10.9 Å². The molecule has 0 radical (unpaired) electrons. The molecule has 0 spiro atoms. The van der Waals surface area contributed by atoms with Crippen LogP contribution in [0.2, 0.25) is 5.02 Å². The Labute approximate surface area is 99.6 Å². The molecule has 0 saturated carbocycles. The maximum atomic E-state index is 11.6. The van der Waals surface area contributed by atoms with E-state index >= 15 is 0 Å². The van der Waals surface area contributed by atoms with Gasteiger partial charge >= 0.3 is 0 Å². The zero-order valence-electron chi connectivity index (χ0n) is 9.16. The van der Waals surface area contributed by atoms with Gasteiger partial charge in [-0.1, -0.05) is 11.6 Å². The van der Waals surface area contributed by atoms with Gasteiger partial charge in [0.1, 0.15) is 5.02 Å². The van der Waals surface area contributed by atoms with Crippen LogP contribution in [0, 0.1) is 12.3 Å². The Morgan fingerprint density at radius 1 is 1.69 bits per heavy atom. The van der Waals surface area contributed by atoms with Crippen LogP contribution in [0.5, 0.6) is 0 Å². The predicted octanol–water partition coefficient (Wildman–Crippen LogP) is 1.74. The van der Waals surface area contributed by atoms with E-state index in [-0.39, 0.29) is 10.6 Å². The van der Waals surface area contributed by atoms with Crippen LogP contribution in [0.1, 0.15) is 19.8 Å². The summed E-state index contributed by atoms with van der Waals surface area (Å²) < 4.78 is 1.31. The highest BCUT2D eigenvalue weighted by Crippen LogP contribution is 2.14. The summed E-state index contributed by atoms with van der Waals surface area (Å²) in [7, 11) is 0. The Morgan fingerprint density at radius 2 is 2.44 bits per heavy atom. The third-order valence-electron chi connectivity index (χ3n) is 2.10. The standard InChI is InChI=1S/C11H14ClN3O/c1-3-5-6-7-13-9-8-14-15(4-2)11(16)10(9)12/h1,8,13H,4-7H2,2H3. The van der Waals surface area contributed by atoms with E-state index in [1.54, 1.807) is 6.20 Å². The van der Waals surface area contributed by atoms with Crippen molar-refractivity contribution in [2.45, 2.75) is 26.3 Å². The molecule has 86 valence electrons. The zero-order valence-corrected chi connectivity index (χ0v) is 9.92. The molecule has 4 nitrogen and oxygen atoms in total. The predicted molar refractivity (Wildman–Crippen MR) is 65.7 cm³/mol. The molecule has 0 atom stereocenters. The molecule has 0 aliphatic carbocycles. The fraction of sp³-hybridized carbons (Fsp3) is 0.455. The molecule has 0 fully saturated rings. The van der Waals surface area contributed by atoms with Crippen LogP contribution in [0.4, 0.5) is 5.69 Å². The topological polar surface area (TPSA) is 46.9 Å². The average Bonchev–Trinajstić information content (AvgIpc) is 2.30. The minimum Gasteiger partial charge on any atom is -0.382 e. The van der Waals surface area contributed by atoms with Crippen molar-refractivity contribution >= 4 is 17.3 Å². The molecule has 1 aromatic rings. The van der Waals surface area contributed by atoms with Gasteiger partial charge in [0.05, 0.1) is 11.9 Å². The van der Waals surface area contributed by atoms with E-state index in [0.717, 1.165) is 6.42 Å². The molecule has 0 amide bonds. The molecular formula is C11H14ClN3O. The number of unbranched alkanes of at least 4 members (excludes halogenated alkanes) is 1. The third-order valence-corrected chi connectivity index (χ3v) is 2.46. The van der Waals surface area contributed by atoms with Gasteiger partial charge in [0, 0.05) is 19.5 Å². The first-order valence-electron chi connectivity index (χ1n) is 5.13. The molecule has 1 heterocycles. The van der Waals surface area contributed by atoms with Crippen LogP contribution in [0.15, 0.2) is 11.0 Å². The van der Waals surface area contributed by atoms with Crippen molar-refractivity contribution in [2.75, 3.05) is 11.9 Å². The van der Waals surface area contributed by atoms with Crippen LogP contribution in [0.25, 0.3) is 0 Å². The third kappa shape index (κ3) is 3.01. The fourth-order valence-electron chi connectivity index (χ4n) is 1.23. The van der Waals surface area contributed by atoms with E-state index in [1.165, 1.54) is 4.68 Å². The Hall–Kier alpha value is -1.47. The first kappa shape index (κ1) is 12.6. The number of terminal acetylenes is 1. The second-order valence-corrected chi connectivity index (χ2v) is 3.61. The Bertz CT molecular complexity index is 448. The highest BCUT2D eigenvalue weighted by atomic mass is 35.5. The summed E-state index contributed by atoms with van der Waals surface area (Å²) in [6, 6.07) is 0. The number of rotatable bonds is 5. The van der Waals surface area contributed by atoms with Gasteiger partial charge in [-0.3, -0.25) is 4.79 Å². The first-order chi connectivity index (χ1) is 7.70. The lowest BCUT2D eigenvalue weighted by molar-refractivity contribution is 0.616. The average molecular weight is 240 g/mol. The molecule has 16 heavy (non-hydrogen) atoms. The summed E-state index contributed by atoms with van der Waals surface area (Å²) in [4.78, 5) is 11.6. The van der Waals surface area contributed by atoms with Gasteiger partial charge in [-0.2, -0.15) is 5.10 Å². The number of halogens is 1. The van der Waals surface area contributed by atoms with E-state index < -0.39 is 0 Å². The van der Waals surface area contributed by atoms with Crippen LogP contribution in [-0.4, -0.2) is 16.3 Å².